The summed E-state index contributed by atoms with van der Waals surface area (Å²) in [4.78, 5) is 2.38. The predicted octanol–water partition coefficient (Wildman–Crippen LogP) is 2.10. The lowest BCUT2D eigenvalue weighted by Gasteiger charge is -2.23. The molecule has 0 atom stereocenters. The number of aryl methyl sites for hydroxylation is 1. The second kappa shape index (κ2) is 6.61. The van der Waals surface area contributed by atoms with Crippen molar-refractivity contribution in [3.05, 3.63) is 29.3 Å². The van der Waals surface area contributed by atoms with Crippen molar-refractivity contribution in [2.24, 2.45) is 10.9 Å². The summed E-state index contributed by atoms with van der Waals surface area (Å²) in [7, 11) is 1.70. The van der Waals surface area contributed by atoms with E-state index in [1.165, 1.54) is 24.0 Å². The fourth-order valence-corrected chi connectivity index (χ4v) is 2.39. The smallest absolute Gasteiger partial charge is 0.140 e. The lowest BCUT2D eigenvalue weighted by molar-refractivity contribution is 0.255. The molecular weight excluding hydrogens is 254 g/mol. The third-order valence-corrected chi connectivity index (χ3v) is 3.66. The van der Waals surface area contributed by atoms with Crippen LogP contribution in [-0.2, 0) is 6.54 Å². The Morgan fingerprint density at radius 1 is 1.50 bits per heavy atom. The number of nitrogens with two attached hydrogens (primary N) is 1. The van der Waals surface area contributed by atoms with Crippen LogP contribution in [0.15, 0.2) is 23.4 Å². The molecule has 0 unspecified atom stereocenters. The Labute approximate surface area is 120 Å². The first-order chi connectivity index (χ1) is 9.63. The first kappa shape index (κ1) is 14.7. The highest BCUT2D eigenvalue weighted by molar-refractivity contribution is 5.79. The highest BCUT2D eigenvalue weighted by Gasteiger charge is 2.29. The van der Waals surface area contributed by atoms with Gasteiger partial charge in [-0.25, -0.2) is 0 Å². The SMILES string of the molecule is COc1ccc(C)cc1CN(CCC(N)=NO)C1CC1. The molecule has 1 aromatic rings. The van der Waals surface area contributed by atoms with E-state index in [2.05, 4.69) is 29.1 Å². The summed E-state index contributed by atoms with van der Waals surface area (Å²) in [5.74, 6) is 1.21. The molecular formula is C15H23N3O2. The van der Waals surface area contributed by atoms with Crippen LogP contribution in [0.2, 0.25) is 0 Å². The van der Waals surface area contributed by atoms with E-state index in [9.17, 15) is 0 Å². The number of rotatable bonds is 7. The van der Waals surface area contributed by atoms with E-state index in [4.69, 9.17) is 15.7 Å². The monoisotopic (exact) mass is 277 g/mol. The van der Waals surface area contributed by atoms with Crippen LogP contribution >= 0.6 is 0 Å². The van der Waals surface area contributed by atoms with Crippen LogP contribution in [0, 0.1) is 6.92 Å². The van der Waals surface area contributed by atoms with Crippen molar-refractivity contribution in [1.29, 1.82) is 0 Å². The standard InChI is InChI=1S/C15H23N3O2/c1-11-3-6-14(20-2)12(9-11)10-18(13-4-5-13)8-7-15(16)17-19/h3,6,9,13,19H,4-5,7-8,10H2,1-2H3,(H2,16,17). The molecule has 2 rings (SSSR count). The third-order valence-electron chi connectivity index (χ3n) is 3.66. The Morgan fingerprint density at radius 3 is 2.85 bits per heavy atom. The number of hydrogen-bond donors (Lipinski definition) is 2. The zero-order valence-electron chi connectivity index (χ0n) is 12.2. The molecule has 0 saturated heterocycles. The lowest BCUT2D eigenvalue weighted by Crippen LogP contribution is -2.30. The molecule has 1 saturated carbocycles. The van der Waals surface area contributed by atoms with Gasteiger partial charge in [-0.3, -0.25) is 4.90 Å². The number of ether oxygens (including phenoxy) is 1. The molecule has 5 heteroatoms. The zero-order valence-corrected chi connectivity index (χ0v) is 12.2. The number of oxime groups is 1. The zero-order chi connectivity index (χ0) is 14.5. The molecule has 0 radical (unpaired) electrons. The van der Waals surface area contributed by atoms with E-state index >= 15 is 0 Å². The van der Waals surface area contributed by atoms with Gasteiger partial charge in [-0.1, -0.05) is 22.9 Å². The molecule has 1 aliphatic rings. The fraction of sp³-hybridized carbons (Fsp3) is 0.533. The van der Waals surface area contributed by atoms with Crippen LogP contribution < -0.4 is 10.5 Å². The van der Waals surface area contributed by atoms with Gasteiger partial charge in [-0.2, -0.15) is 0 Å². The van der Waals surface area contributed by atoms with E-state index in [-0.39, 0.29) is 5.84 Å². The van der Waals surface area contributed by atoms with E-state index in [0.717, 1.165) is 18.8 Å². The summed E-state index contributed by atoms with van der Waals surface area (Å²) < 4.78 is 5.43. The predicted molar refractivity (Wildman–Crippen MR) is 79.2 cm³/mol. The molecule has 0 aromatic heterocycles. The van der Waals surface area contributed by atoms with E-state index in [1.807, 2.05) is 6.07 Å². The normalized spacial score (nSPS) is 15.7. The lowest BCUT2D eigenvalue weighted by atomic mass is 10.1. The van der Waals surface area contributed by atoms with Crippen LogP contribution in [0.1, 0.15) is 30.4 Å². The first-order valence-corrected chi connectivity index (χ1v) is 6.98. The quantitative estimate of drug-likeness (QED) is 0.346. The van der Waals surface area contributed by atoms with Crippen LogP contribution in [0.4, 0.5) is 0 Å². The average Bonchev–Trinajstić information content (AvgIpc) is 3.27. The average molecular weight is 277 g/mol. The van der Waals surface area contributed by atoms with Crippen molar-refractivity contribution >= 4 is 5.84 Å². The minimum Gasteiger partial charge on any atom is -0.496 e. The summed E-state index contributed by atoms with van der Waals surface area (Å²) in [5.41, 5.74) is 7.99. The second-order valence-electron chi connectivity index (χ2n) is 5.36. The summed E-state index contributed by atoms with van der Waals surface area (Å²) in [6.45, 7) is 3.73. The highest BCUT2D eigenvalue weighted by Crippen LogP contribution is 2.30. The van der Waals surface area contributed by atoms with Crippen LogP contribution in [0.5, 0.6) is 5.75 Å². The fourth-order valence-electron chi connectivity index (χ4n) is 2.39. The van der Waals surface area contributed by atoms with Gasteiger partial charge in [-0.05, 0) is 25.8 Å². The van der Waals surface area contributed by atoms with Crippen LogP contribution in [0.25, 0.3) is 0 Å². The molecule has 0 heterocycles. The topological polar surface area (TPSA) is 71.1 Å². The van der Waals surface area contributed by atoms with Gasteiger partial charge in [0.15, 0.2) is 0 Å². The van der Waals surface area contributed by atoms with Gasteiger partial charge in [0.05, 0.1) is 7.11 Å². The van der Waals surface area contributed by atoms with Gasteiger partial charge < -0.3 is 15.7 Å². The highest BCUT2D eigenvalue weighted by atomic mass is 16.5. The van der Waals surface area contributed by atoms with E-state index in [0.29, 0.717) is 12.5 Å². The Bertz CT molecular complexity index is 484. The molecule has 5 nitrogen and oxygen atoms in total. The number of benzene rings is 1. The molecule has 1 fully saturated rings. The molecule has 110 valence electrons. The summed E-state index contributed by atoms with van der Waals surface area (Å²) in [5, 5.41) is 11.7. The Balaban J connectivity index is 2.06. The molecule has 1 aliphatic carbocycles. The molecule has 0 bridgehead atoms. The minimum absolute atomic E-state index is 0.284. The van der Waals surface area contributed by atoms with Gasteiger partial charge >= 0.3 is 0 Å². The Hall–Kier alpha value is -1.75. The van der Waals surface area contributed by atoms with Gasteiger partial charge in [0.25, 0.3) is 0 Å². The molecule has 0 amide bonds. The molecule has 20 heavy (non-hydrogen) atoms. The largest absolute Gasteiger partial charge is 0.496 e. The first-order valence-electron chi connectivity index (χ1n) is 6.98. The van der Waals surface area contributed by atoms with Crippen molar-refractivity contribution < 1.29 is 9.94 Å². The Kier molecular flexibility index (Phi) is 4.84. The maximum atomic E-state index is 8.63. The van der Waals surface area contributed by atoms with Crippen LogP contribution in [-0.4, -0.2) is 35.6 Å². The van der Waals surface area contributed by atoms with E-state index < -0.39 is 0 Å². The number of amidine groups is 1. The van der Waals surface area contributed by atoms with Gasteiger partial charge in [0, 0.05) is 31.1 Å². The summed E-state index contributed by atoms with van der Waals surface area (Å²) in [6.07, 6.45) is 3.04. The number of nitrogens with zero attached hydrogens (tertiary/aromatic N) is 2. The summed E-state index contributed by atoms with van der Waals surface area (Å²) >= 11 is 0. The van der Waals surface area contributed by atoms with Crippen molar-refractivity contribution in [3.63, 3.8) is 0 Å². The van der Waals surface area contributed by atoms with E-state index in [1.54, 1.807) is 7.11 Å². The van der Waals surface area contributed by atoms with Crippen molar-refractivity contribution in [2.75, 3.05) is 13.7 Å². The van der Waals surface area contributed by atoms with Gasteiger partial charge in [-0.15, -0.1) is 0 Å². The molecule has 1 aromatic carbocycles. The molecule has 3 N–H and O–H groups in total. The van der Waals surface area contributed by atoms with Crippen molar-refractivity contribution in [2.45, 2.75) is 38.8 Å². The maximum Gasteiger partial charge on any atom is 0.140 e. The molecule has 0 spiro atoms. The maximum absolute atomic E-state index is 8.63. The van der Waals surface area contributed by atoms with Crippen molar-refractivity contribution in [1.82, 2.24) is 4.90 Å². The number of hydrogen-bond acceptors (Lipinski definition) is 4. The minimum atomic E-state index is 0.284. The second-order valence-corrected chi connectivity index (χ2v) is 5.36. The third kappa shape index (κ3) is 3.87. The van der Waals surface area contributed by atoms with Crippen LogP contribution in [0.3, 0.4) is 0 Å². The van der Waals surface area contributed by atoms with Gasteiger partial charge in [0.2, 0.25) is 0 Å². The summed E-state index contributed by atoms with van der Waals surface area (Å²) in [6, 6.07) is 6.85. The number of methoxy groups -OCH3 is 1. The van der Waals surface area contributed by atoms with Gasteiger partial charge in [0.1, 0.15) is 11.6 Å². The Morgan fingerprint density at radius 2 is 2.25 bits per heavy atom. The molecule has 0 aliphatic heterocycles. The van der Waals surface area contributed by atoms with Crippen molar-refractivity contribution in [3.8, 4) is 5.75 Å².